The zero-order valence-electron chi connectivity index (χ0n) is 16.5. The zero-order valence-corrected chi connectivity index (χ0v) is 18.8. The SMILES string of the molecule is CCOc1c(OC)cc(CN=C(N)Nc2ccc(C)c(C)c2)cc1OC.I. The van der Waals surface area contributed by atoms with E-state index >= 15 is 0 Å². The highest BCUT2D eigenvalue weighted by atomic mass is 127. The molecule has 3 N–H and O–H groups in total. The number of halogens is 1. The summed E-state index contributed by atoms with van der Waals surface area (Å²) in [5.74, 6) is 2.15. The molecule has 0 bridgehead atoms. The predicted molar refractivity (Wildman–Crippen MR) is 121 cm³/mol. The van der Waals surface area contributed by atoms with E-state index in [-0.39, 0.29) is 24.0 Å². The predicted octanol–water partition coefficient (Wildman–Crippen LogP) is 4.26. The lowest BCUT2D eigenvalue weighted by Gasteiger charge is -2.15. The van der Waals surface area contributed by atoms with Gasteiger partial charge in [-0.15, -0.1) is 24.0 Å². The van der Waals surface area contributed by atoms with Crippen molar-refractivity contribution in [2.45, 2.75) is 27.3 Å². The minimum Gasteiger partial charge on any atom is -0.493 e. The molecule has 0 fully saturated rings. The maximum Gasteiger partial charge on any atom is 0.203 e. The van der Waals surface area contributed by atoms with Crippen molar-refractivity contribution in [3.63, 3.8) is 0 Å². The molecule has 2 aromatic carbocycles. The second-order valence-electron chi connectivity index (χ2n) is 5.89. The molecule has 0 spiro atoms. The lowest BCUT2D eigenvalue weighted by molar-refractivity contribution is 0.288. The molecule has 2 aromatic rings. The number of aryl methyl sites for hydroxylation is 2. The van der Waals surface area contributed by atoms with Gasteiger partial charge in [0.15, 0.2) is 17.5 Å². The number of nitrogens with two attached hydrogens (primary N) is 1. The van der Waals surface area contributed by atoms with E-state index in [4.69, 9.17) is 19.9 Å². The summed E-state index contributed by atoms with van der Waals surface area (Å²) in [6, 6.07) is 9.82. The Kier molecular flexibility index (Phi) is 9.20. The summed E-state index contributed by atoms with van der Waals surface area (Å²) in [5.41, 5.74) is 10.3. The Morgan fingerprint density at radius 3 is 2.19 bits per heavy atom. The van der Waals surface area contributed by atoms with Crippen molar-refractivity contribution in [3.8, 4) is 17.2 Å². The first-order valence-corrected chi connectivity index (χ1v) is 8.50. The quantitative estimate of drug-likeness (QED) is 0.348. The van der Waals surface area contributed by atoms with Crippen LogP contribution in [0.25, 0.3) is 0 Å². The molecule has 0 radical (unpaired) electrons. The number of rotatable bonds is 7. The molecule has 0 aromatic heterocycles. The Hall–Kier alpha value is -2.16. The lowest BCUT2D eigenvalue weighted by Crippen LogP contribution is -2.22. The van der Waals surface area contributed by atoms with Crippen LogP contribution in [0.5, 0.6) is 17.2 Å². The first-order chi connectivity index (χ1) is 12.5. The summed E-state index contributed by atoms with van der Waals surface area (Å²) in [5, 5.41) is 3.11. The van der Waals surface area contributed by atoms with E-state index in [1.807, 2.05) is 37.3 Å². The van der Waals surface area contributed by atoms with Gasteiger partial charge >= 0.3 is 0 Å². The van der Waals surface area contributed by atoms with Crippen LogP contribution in [0.15, 0.2) is 35.3 Å². The third-order valence-corrected chi connectivity index (χ3v) is 4.02. The monoisotopic (exact) mass is 485 g/mol. The number of benzene rings is 2. The molecule has 2 rings (SSSR count). The Balaban J connectivity index is 0.00000364. The lowest BCUT2D eigenvalue weighted by atomic mass is 10.1. The van der Waals surface area contributed by atoms with E-state index < -0.39 is 0 Å². The van der Waals surface area contributed by atoms with E-state index in [0.717, 1.165) is 11.3 Å². The number of guanidine groups is 1. The van der Waals surface area contributed by atoms with Crippen LogP contribution in [0.4, 0.5) is 5.69 Å². The molecule has 0 amide bonds. The smallest absolute Gasteiger partial charge is 0.203 e. The summed E-state index contributed by atoms with van der Waals surface area (Å²) in [6.07, 6.45) is 0. The van der Waals surface area contributed by atoms with Gasteiger partial charge in [-0.3, -0.25) is 0 Å². The van der Waals surface area contributed by atoms with E-state index in [0.29, 0.717) is 36.4 Å². The highest BCUT2D eigenvalue weighted by Crippen LogP contribution is 2.38. The second kappa shape index (κ2) is 10.9. The summed E-state index contributed by atoms with van der Waals surface area (Å²) < 4.78 is 16.4. The van der Waals surface area contributed by atoms with Crippen molar-refractivity contribution in [1.82, 2.24) is 0 Å². The van der Waals surface area contributed by atoms with Crippen LogP contribution in [0, 0.1) is 13.8 Å². The molecular formula is C20H28IN3O3. The van der Waals surface area contributed by atoms with Crippen molar-refractivity contribution in [1.29, 1.82) is 0 Å². The van der Waals surface area contributed by atoms with Gasteiger partial charge in [0.2, 0.25) is 5.75 Å². The van der Waals surface area contributed by atoms with Gasteiger partial charge in [-0.05, 0) is 61.7 Å². The molecule has 148 valence electrons. The third-order valence-electron chi connectivity index (χ3n) is 4.02. The third kappa shape index (κ3) is 6.20. The number of aliphatic imine (C=N–C) groups is 1. The molecule has 0 unspecified atom stereocenters. The van der Waals surface area contributed by atoms with Crippen LogP contribution in [-0.4, -0.2) is 26.8 Å². The molecule has 0 aliphatic heterocycles. The Bertz CT molecular complexity index is 769. The molecule has 0 aliphatic carbocycles. The normalized spacial score (nSPS) is 10.8. The van der Waals surface area contributed by atoms with Crippen LogP contribution < -0.4 is 25.3 Å². The zero-order chi connectivity index (χ0) is 19.1. The summed E-state index contributed by atoms with van der Waals surface area (Å²) >= 11 is 0. The summed E-state index contributed by atoms with van der Waals surface area (Å²) in [6.45, 7) is 6.96. The van der Waals surface area contributed by atoms with Crippen molar-refractivity contribution in [2.24, 2.45) is 10.7 Å². The first kappa shape index (κ1) is 22.9. The van der Waals surface area contributed by atoms with Crippen molar-refractivity contribution in [3.05, 3.63) is 47.0 Å². The summed E-state index contributed by atoms with van der Waals surface area (Å²) in [4.78, 5) is 4.40. The van der Waals surface area contributed by atoms with Gasteiger partial charge in [0.25, 0.3) is 0 Å². The van der Waals surface area contributed by atoms with Gasteiger partial charge in [0.1, 0.15) is 0 Å². The van der Waals surface area contributed by atoms with Crippen molar-refractivity contribution in [2.75, 3.05) is 26.1 Å². The average molecular weight is 485 g/mol. The fraction of sp³-hybridized carbons (Fsp3) is 0.350. The molecule has 27 heavy (non-hydrogen) atoms. The number of hydrogen-bond donors (Lipinski definition) is 2. The van der Waals surface area contributed by atoms with Gasteiger partial charge in [0.05, 0.1) is 27.4 Å². The van der Waals surface area contributed by atoms with Gasteiger partial charge in [0, 0.05) is 5.69 Å². The Morgan fingerprint density at radius 1 is 1.04 bits per heavy atom. The highest BCUT2D eigenvalue weighted by Gasteiger charge is 2.13. The van der Waals surface area contributed by atoms with Crippen molar-refractivity contribution >= 4 is 35.6 Å². The van der Waals surface area contributed by atoms with E-state index in [1.54, 1.807) is 14.2 Å². The minimum absolute atomic E-state index is 0. The molecule has 7 heteroatoms. The van der Waals surface area contributed by atoms with Gasteiger partial charge < -0.3 is 25.3 Å². The number of ether oxygens (including phenoxy) is 3. The molecule has 0 heterocycles. The van der Waals surface area contributed by atoms with Crippen LogP contribution in [0.2, 0.25) is 0 Å². The van der Waals surface area contributed by atoms with Crippen LogP contribution in [0.3, 0.4) is 0 Å². The molecular weight excluding hydrogens is 457 g/mol. The molecule has 0 saturated carbocycles. The number of methoxy groups -OCH3 is 2. The second-order valence-corrected chi connectivity index (χ2v) is 5.89. The minimum atomic E-state index is 0. The van der Waals surface area contributed by atoms with Crippen molar-refractivity contribution < 1.29 is 14.2 Å². The Morgan fingerprint density at radius 2 is 1.67 bits per heavy atom. The molecule has 6 nitrogen and oxygen atoms in total. The average Bonchev–Trinajstić information content (AvgIpc) is 2.63. The first-order valence-electron chi connectivity index (χ1n) is 8.50. The topological polar surface area (TPSA) is 78.1 Å². The van der Waals surface area contributed by atoms with E-state index in [1.165, 1.54) is 11.1 Å². The highest BCUT2D eigenvalue weighted by molar-refractivity contribution is 14.0. The van der Waals surface area contributed by atoms with Gasteiger partial charge in [-0.1, -0.05) is 6.07 Å². The van der Waals surface area contributed by atoms with Crippen LogP contribution in [-0.2, 0) is 6.54 Å². The summed E-state index contributed by atoms with van der Waals surface area (Å²) in [7, 11) is 3.19. The number of nitrogens with zero attached hydrogens (tertiary/aromatic N) is 1. The van der Waals surface area contributed by atoms with E-state index in [9.17, 15) is 0 Å². The number of anilines is 1. The number of nitrogens with one attached hydrogen (secondary N) is 1. The Labute approximate surface area is 178 Å². The van der Waals surface area contributed by atoms with E-state index in [2.05, 4.69) is 24.2 Å². The molecule has 0 atom stereocenters. The molecule has 0 aliphatic rings. The number of hydrogen-bond acceptors (Lipinski definition) is 4. The van der Waals surface area contributed by atoms with Crippen LogP contribution >= 0.6 is 24.0 Å². The maximum absolute atomic E-state index is 6.01. The van der Waals surface area contributed by atoms with Gasteiger partial charge in [-0.2, -0.15) is 0 Å². The van der Waals surface area contributed by atoms with Gasteiger partial charge in [-0.25, -0.2) is 4.99 Å². The fourth-order valence-electron chi connectivity index (χ4n) is 2.50. The molecule has 0 saturated heterocycles. The fourth-order valence-corrected chi connectivity index (χ4v) is 2.50. The van der Waals surface area contributed by atoms with Crippen LogP contribution in [0.1, 0.15) is 23.6 Å². The largest absolute Gasteiger partial charge is 0.493 e. The maximum atomic E-state index is 6.01. The standard InChI is InChI=1S/C20H27N3O3.HI/c1-6-26-19-17(24-4)10-15(11-18(19)25-5)12-22-20(21)23-16-8-7-13(2)14(3)9-16;/h7-11H,6,12H2,1-5H3,(H3,21,22,23);1H.